The van der Waals surface area contributed by atoms with E-state index >= 15 is 0 Å². The third-order valence-electron chi connectivity index (χ3n) is 11.1. The molecule has 5 rings (SSSR count). The molecule has 20 nitrogen and oxygen atoms in total. The molecule has 0 aliphatic rings. The second-order valence-electron chi connectivity index (χ2n) is 18.0. The van der Waals surface area contributed by atoms with Crippen LogP contribution in [0.1, 0.15) is 69.7 Å². The van der Waals surface area contributed by atoms with E-state index in [0.29, 0.717) is 5.56 Å². The number of hydrogen-bond donors (Lipinski definition) is 11. The standard InChI is InChI=1S/C51H62N10O10/c1-30(52)46(67)55-29-42(64)59-44(31(2)62)49(70)58-40(27-43(65)71-50(3,4)5)48(69)57-39(47(68)56-38(45(53)66)25-32-28-54-37-24-16-15-23-36(32)37)26-41(63)60-61-51(33-17-9-6-10-18-33,34-19-11-7-12-20-34)35-21-13-8-14-22-35/h6-24,28,30-31,38-40,44,54,61-62H,25-27,29,52H2,1-5H3,(H2,53,66)(H,55,67)(H,56,68)(H,57,69)(H,58,70)(H,59,64)(H,60,63)/t30-,31+,38-,39+,40-,44-/m0/s1. The number of hydrazine groups is 1. The van der Waals surface area contributed by atoms with E-state index in [-0.39, 0.29) is 6.42 Å². The van der Waals surface area contributed by atoms with Gasteiger partial charge in [0, 0.05) is 23.5 Å². The molecule has 1 heterocycles. The Balaban J connectivity index is 1.48. The number of H-pyrrole nitrogens is 1. The van der Waals surface area contributed by atoms with Crippen LogP contribution in [0.5, 0.6) is 0 Å². The largest absolute Gasteiger partial charge is 0.460 e. The zero-order valence-corrected chi connectivity index (χ0v) is 40.1. The Hall–Kier alpha value is -7.94. The summed E-state index contributed by atoms with van der Waals surface area (Å²) in [6.45, 7) is 6.66. The molecule has 1 aromatic heterocycles. The molecule has 0 aliphatic carbocycles. The van der Waals surface area contributed by atoms with Crippen LogP contribution in [0.25, 0.3) is 10.9 Å². The van der Waals surface area contributed by atoms with Crippen LogP contribution in [0.2, 0.25) is 0 Å². The van der Waals surface area contributed by atoms with Gasteiger partial charge >= 0.3 is 5.97 Å². The van der Waals surface area contributed by atoms with Crippen molar-refractivity contribution in [1.82, 2.24) is 42.4 Å². The zero-order chi connectivity index (χ0) is 51.9. The first-order valence-corrected chi connectivity index (χ1v) is 22.9. The van der Waals surface area contributed by atoms with Gasteiger partial charge in [-0.1, -0.05) is 109 Å². The van der Waals surface area contributed by atoms with Gasteiger partial charge in [0.05, 0.1) is 31.5 Å². The first-order valence-electron chi connectivity index (χ1n) is 22.9. The zero-order valence-electron chi connectivity index (χ0n) is 40.1. The van der Waals surface area contributed by atoms with E-state index in [9.17, 15) is 43.5 Å². The second kappa shape index (κ2) is 24.6. The summed E-state index contributed by atoms with van der Waals surface area (Å²) in [5.41, 5.74) is 18.6. The Morgan fingerprint density at radius 2 is 1.13 bits per heavy atom. The van der Waals surface area contributed by atoms with Gasteiger partial charge in [-0.05, 0) is 62.9 Å². The first-order chi connectivity index (χ1) is 33.7. The maximum atomic E-state index is 14.5. The van der Waals surface area contributed by atoms with Crippen molar-refractivity contribution >= 4 is 58.2 Å². The Bertz CT molecular complexity index is 2560. The number of carbonyl (C=O) groups excluding carboxylic acids is 8. The van der Waals surface area contributed by atoms with Crippen molar-refractivity contribution in [3.8, 4) is 0 Å². The summed E-state index contributed by atoms with van der Waals surface area (Å²) in [6, 6.07) is 27.4. The predicted molar refractivity (Wildman–Crippen MR) is 263 cm³/mol. The van der Waals surface area contributed by atoms with Crippen LogP contribution in [0, 0.1) is 0 Å². The Morgan fingerprint density at radius 3 is 1.63 bits per heavy atom. The quantitative estimate of drug-likeness (QED) is 0.0245. The highest BCUT2D eigenvalue weighted by Crippen LogP contribution is 2.36. The maximum absolute atomic E-state index is 14.5. The summed E-state index contributed by atoms with van der Waals surface area (Å²) in [7, 11) is 0. The molecule has 0 saturated heterocycles. The molecule has 0 saturated carbocycles. The Morgan fingerprint density at radius 1 is 0.634 bits per heavy atom. The third-order valence-corrected chi connectivity index (χ3v) is 11.1. The van der Waals surface area contributed by atoms with Crippen molar-refractivity contribution in [1.29, 1.82) is 0 Å². The van der Waals surface area contributed by atoms with Gasteiger partial charge in [0.25, 0.3) is 0 Å². The molecular weight excluding hydrogens is 913 g/mol. The van der Waals surface area contributed by atoms with Crippen LogP contribution in [0.4, 0.5) is 0 Å². The number of primary amides is 1. The number of para-hydroxylation sites is 1. The van der Waals surface area contributed by atoms with Crippen LogP contribution in [-0.4, -0.2) is 106 Å². The normalized spacial score (nSPS) is 14.0. The number of fused-ring (bicyclic) bond motifs is 1. The average Bonchev–Trinajstić information content (AvgIpc) is 3.74. The van der Waals surface area contributed by atoms with Crippen molar-refractivity contribution < 1.29 is 48.2 Å². The molecule has 0 radical (unpaired) electrons. The number of nitrogens with two attached hydrogens (primary N) is 2. The first kappa shape index (κ1) is 54.0. The maximum Gasteiger partial charge on any atom is 0.308 e. The molecule has 6 atom stereocenters. The van der Waals surface area contributed by atoms with E-state index in [1.807, 2.05) is 109 Å². The number of amides is 7. The highest BCUT2D eigenvalue weighted by molar-refractivity contribution is 5.99. The van der Waals surface area contributed by atoms with E-state index in [4.69, 9.17) is 16.2 Å². The molecular formula is C51H62N10O10. The Kier molecular flexibility index (Phi) is 18.7. The molecule has 4 aromatic carbocycles. The van der Waals surface area contributed by atoms with Crippen LogP contribution >= 0.6 is 0 Å². The number of benzene rings is 4. The lowest BCUT2D eigenvalue weighted by Crippen LogP contribution is -2.61. The monoisotopic (exact) mass is 974 g/mol. The lowest BCUT2D eigenvalue weighted by molar-refractivity contribution is -0.157. The summed E-state index contributed by atoms with van der Waals surface area (Å²) >= 11 is 0. The minimum absolute atomic E-state index is 0.0913. The molecule has 5 aromatic rings. The van der Waals surface area contributed by atoms with E-state index < -0.39 is 114 Å². The summed E-state index contributed by atoms with van der Waals surface area (Å²) in [6.07, 6.45) is -1.63. The summed E-state index contributed by atoms with van der Waals surface area (Å²) in [4.78, 5) is 111. The van der Waals surface area contributed by atoms with Gasteiger partial charge in [-0.25, -0.2) is 5.43 Å². The molecule has 20 heteroatoms. The third kappa shape index (κ3) is 15.0. The highest BCUT2D eigenvalue weighted by atomic mass is 16.6. The minimum atomic E-state index is -1.86. The smallest absolute Gasteiger partial charge is 0.308 e. The lowest BCUT2D eigenvalue weighted by Gasteiger charge is -2.37. The molecule has 0 aliphatic heterocycles. The van der Waals surface area contributed by atoms with Gasteiger partial charge in [0.15, 0.2) is 0 Å². The van der Waals surface area contributed by atoms with Crippen molar-refractivity contribution in [2.24, 2.45) is 11.5 Å². The van der Waals surface area contributed by atoms with Gasteiger partial charge in [0.1, 0.15) is 35.3 Å². The topological polar surface area (TPSA) is 318 Å². The summed E-state index contributed by atoms with van der Waals surface area (Å²) < 4.78 is 5.45. The molecule has 71 heavy (non-hydrogen) atoms. The number of hydrogen-bond acceptors (Lipinski definition) is 12. The van der Waals surface area contributed by atoms with E-state index in [1.165, 1.54) is 13.8 Å². The fourth-order valence-corrected chi connectivity index (χ4v) is 7.66. The van der Waals surface area contributed by atoms with Gasteiger partial charge in [-0.2, -0.15) is 0 Å². The van der Waals surface area contributed by atoms with Gasteiger partial charge in [-0.15, -0.1) is 0 Å². The van der Waals surface area contributed by atoms with Gasteiger partial charge in [-0.3, -0.25) is 43.8 Å². The number of aliphatic hydroxyl groups is 1. The van der Waals surface area contributed by atoms with E-state index in [2.05, 4.69) is 42.4 Å². The number of ether oxygens (including phenoxy) is 1. The Labute approximate surface area is 410 Å². The van der Waals surface area contributed by atoms with Crippen LogP contribution in [0.15, 0.2) is 121 Å². The number of aromatic nitrogens is 1. The van der Waals surface area contributed by atoms with Crippen molar-refractivity contribution in [2.45, 2.75) is 101 Å². The number of nitrogens with one attached hydrogen (secondary N) is 8. The molecule has 0 fully saturated rings. The molecule has 0 unspecified atom stereocenters. The predicted octanol–water partition coefficient (Wildman–Crippen LogP) is 0.714. The van der Waals surface area contributed by atoms with Crippen LogP contribution < -0.4 is 48.9 Å². The molecule has 7 amide bonds. The average molecular weight is 975 g/mol. The SMILES string of the molecule is C[C@H](N)C(=O)NCC(=O)N[C@H](C(=O)N[C@@H](CC(=O)OC(C)(C)C)C(=O)N[C@H](CC(=O)NNC(c1ccccc1)(c1ccccc1)c1ccccc1)C(=O)N[C@@H](Cc1c[nH]c2ccccc12)C(N)=O)[C@@H](C)O. The minimum Gasteiger partial charge on any atom is -0.460 e. The number of aromatic amines is 1. The number of carbonyl (C=O) groups is 8. The van der Waals surface area contributed by atoms with Gasteiger partial charge in [0.2, 0.25) is 41.4 Å². The van der Waals surface area contributed by atoms with Crippen LogP contribution in [-0.2, 0) is 55.1 Å². The van der Waals surface area contributed by atoms with Crippen molar-refractivity contribution in [3.63, 3.8) is 0 Å². The van der Waals surface area contributed by atoms with Crippen molar-refractivity contribution in [2.75, 3.05) is 6.54 Å². The fourth-order valence-electron chi connectivity index (χ4n) is 7.66. The number of aliphatic hydroxyl groups excluding tert-OH is 1. The molecule has 376 valence electrons. The number of esters is 1. The van der Waals surface area contributed by atoms with Crippen molar-refractivity contribution in [3.05, 3.63) is 144 Å². The lowest BCUT2D eigenvalue weighted by atomic mass is 9.77. The second-order valence-corrected chi connectivity index (χ2v) is 18.0. The summed E-state index contributed by atoms with van der Waals surface area (Å²) in [5, 5.41) is 23.3. The molecule has 13 N–H and O–H groups in total. The molecule has 0 spiro atoms. The molecule has 0 bridgehead atoms. The van der Waals surface area contributed by atoms with E-state index in [0.717, 1.165) is 27.6 Å². The summed E-state index contributed by atoms with van der Waals surface area (Å²) in [5.74, 6) is -7.67. The van der Waals surface area contributed by atoms with E-state index in [1.54, 1.807) is 33.0 Å². The van der Waals surface area contributed by atoms with Crippen LogP contribution in [0.3, 0.4) is 0 Å². The highest BCUT2D eigenvalue weighted by Gasteiger charge is 2.39. The number of rotatable bonds is 23. The fraction of sp³-hybridized carbons (Fsp3) is 0.333. The van der Waals surface area contributed by atoms with Gasteiger partial charge < -0.3 is 52.9 Å².